The predicted molar refractivity (Wildman–Crippen MR) is 276 cm³/mol. The van der Waals surface area contributed by atoms with Gasteiger partial charge in [0.1, 0.15) is 23.0 Å². The van der Waals surface area contributed by atoms with Crippen LogP contribution in [0.15, 0.2) is 237 Å². The van der Waals surface area contributed by atoms with Crippen LogP contribution >= 0.6 is 0 Å². The Balaban J connectivity index is 1.06. The lowest BCUT2D eigenvalue weighted by molar-refractivity contribution is 0.463. The highest BCUT2D eigenvalue weighted by Gasteiger charge is 2.43. The highest BCUT2D eigenvalue weighted by atomic mass is 28.3. The third-order valence-corrected chi connectivity index (χ3v) is 19.0. The number of aromatic nitrogens is 2. The average molecular weight is 859 g/mol. The Kier molecular flexibility index (Phi) is 8.06. The standard InChI is InChI=1S/C60H39BN2O2Si/c1-4-19-40(20-5-1)66(41-21-6-2-7-22-41,42-23-8-3-9-24-42)43-35-36-52-47(39-43)45-26-11-14-30-50(45)62(52)53-32-18-27-46-44-25-10-15-31-51(44)63(59(46)53)54-37-38-57-58-60(54)65-56-34-17-13-29-49(56)61(58)48-28-12-16-33-55(48)64-57/h1-39H. The van der Waals surface area contributed by atoms with E-state index >= 15 is 0 Å². The SMILES string of the molecule is c1ccc([Si](c2ccccc2)(c2ccccc2)c2ccc3c(c2)c2ccccc2n3-c2cccc3c4ccccc4n(-c4ccc5c6c4Oc4ccccc4B6c4ccccc4O5)c23)cc1. The molecule has 0 amide bonds. The lowest BCUT2D eigenvalue weighted by Crippen LogP contribution is -2.74. The second-order valence-corrected chi connectivity index (χ2v) is 21.3. The Morgan fingerprint density at radius 1 is 0.333 bits per heavy atom. The molecule has 4 nitrogen and oxygen atoms in total. The van der Waals surface area contributed by atoms with Crippen LogP contribution in [0, 0.1) is 0 Å². The maximum atomic E-state index is 7.11. The van der Waals surface area contributed by atoms with Gasteiger partial charge in [0.05, 0.1) is 33.4 Å². The number of ether oxygens (including phenoxy) is 2. The molecule has 0 fully saturated rings. The minimum Gasteiger partial charge on any atom is -0.458 e. The van der Waals surface area contributed by atoms with Crippen LogP contribution < -0.4 is 46.6 Å². The Morgan fingerprint density at radius 2 is 0.848 bits per heavy atom. The third-order valence-electron chi connectivity index (χ3n) is 14.2. The molecule has 0 saturated heterocycles. The molecule has 0 unspecified atom stereocenters. The summed E-state index contributed by atoms with van der Waals surface area (Å²) < 4.78 is 18.7. The first kappa shape index (κ1) is 37.1. The monoisotopic (exact) mass is 858 g/mol. The van der Waals surface area contributed by atoms with Gasteiger partial charge in [0, 0.05) is 27.0 Å². The summed E-state index contributed by atoms with van der Waals surface area (Å²) in [5.74, 6) is 3.40. The topological polar surface area (TPSA) is 28.3 Å². The lowest BCUT2D eigenvalue weighted by Gasteiger charge is -2.34. The number of benzene rings is 10. The number of hydrogen-bond donors (Lipinski definition) is 0. The van der Waals surface area contributed by atoms with E-state index in [2.05, 4.69) is 240 Å². The van der Waals surface area contributed by atoms with Crippen molar-refractivity contribution in [3.63, 3.8) is 0 Å². The quantitative estimate of drug-likeness (QED) is 0.123. The molecule has 0 radical (unpaired) electrons. The minimum atomic E-state index is -2.80. The van der Waals surface area contributed by atoms with Gasteiger partial charge in [-0.25, -0.2) is 0 Å². The Morgan fingerprint density at radius 3 is 1.50 bits per heavy atom. The zero-order valence-electron chi connectivity index (χ0n) is 35.8. The van der Waals surface area contributed by atoms with Crippen LogP contribution in [0.4, 0.5) is 0 Å². The van der Waals surface area contributed by atoms with Crippen molar-refractivity contribution >= 4 is 95.5 Å². The molecule has 4 heterocycles. The van der Waals surface area contributed by atoms with Crippen LogP contribution in [0.3, 0.4) is 0 Å². The molecule has 12 aromatic rings. The van der Waals surface area contributed by atoms with Gasteiger partial charge < -0.3 is 18.6 Å². The molecule has 0 atom stereocenters. The second-order valence-electron chi connectivity index (χ2n) is 17.5. The number of hydrogen-bond acceptors (Lipinski definition) is 2. The molecule has 66 heavy (non-hydrogen) atoms. The van der Waals surface area contributed by atoms with Crippen LogP contribution in [0.5, 0.6) is 23.0 Å². The normalized spacial score (nSPS) is 12.8. The van der Waals surface area contributed by atoms with E-state index in [0.29, 0.717) is 0 Å². The van der Waals surface area contributed by atoms with E-state index in [-0.39, 0.29) is 6.71 Å². The summed E-state index contributed by atoms with van der Waals surface area (Å²) in [4.78, 5) is 0. The van der Waals surface area contributed by atoms with Crippen molar-refractivity contribution in [1.82, 2.24) is 9.13 Å². The molecular weight excluding hydrogens is 820 g/mol. The van der Waals surface area contributed by atoms with Gasteiger partial charge in [-0.1, -0.05) is 188 Å². The molecule has 10 aromatic carbocycles. The number of nitrogens with zero attached hydrogens (tertiary/aromatic N) is 2. The molecule has 0 N–H and O–H groups in total. The predicted octanol–water partition coefficient (Wildman–Crippen LogP) is 9.99. The Hall–Kier alpha value is -8.32. The molecule has 2 aromatic heterocycles. The molecule has 308 valence electrons. The summed E-state index contributed by atoms with van der Waals surface area (Å²) >= 11 is 0. The average Bonchev–Trinajstić information content (AvgIpc) is 3.90. The van der Waals surface area contributed by atoms with Gasteiger partial charge in [0.2, 0.25) is 0 Å². The highest BCUT2D eigenvalue weighted by Crippen LogP contribution is 2.44. The molecular formula is C60H39BN2O2Si. The van der Waals surface area contributed by atoms with E-state index < -0.39 is 8.07 Å². The van der Waals surface area contributed by atoms with Gasteiger partial charge >= 0.3 is 0 Å². The van der Waals surface area contributed by atoms with Gasteiger partial charge in [-0.2, -0.15) is 0 Å². The van der Waals surface area contributed by atoms with Crippen LogP contribution in [-0.2, 0) is 0 Å². The van der Waals surface area contributed by atoms with Crippen LogP contribution in [0.25, 0.3) is 55.0 Å². The number of para-hydroxylation sites is 5. The van der Waals surface area contributed by atoms with E-state index in [1.807, 2.05) is 6.07 Å². The number of fused-ring (bicyclic) bond motifs is 10. The van der Waals surface area contributed by atoms with Gasteiger partial charge in [-0.3, -0.25) is 0 Å². The van der Waals surface area contributed by atoms with Gasteiger partial charge in [0.25, 0.3) is 6.71 Å². The van der Waals surface area contributed by atoms with Gasteiger partial charge in [0.15, 0.2) is 8.07 Å². The van der Waals surface area contributed by atoms with E-state index in [9.17, 15) is 0 Å². The van der Waals surface area contributed by atoms with Crippen molar-refractivity contribution in [1.29, 1.82) is 0 Å². The first-order valence-corrected chi connectivity index (χ1v) is 24.7. The minimum absolute atomic E-state index is 0.0396. The van der Waals surface area contributed by atoms with Crippen molar-refractivity contribution in [3.05, 3.63) is 237 Å². The summed E-state index contributed by atoms with van der Waals surface area (Å²) in [7, 11) is -2.80. The van der Waals surface area contributed by atoms with Gasteiger partial charge in [-0.15, -0.1) is 0 Å². The van der Waals surface area contributed by atoms with Crippen LogP contribution in [0.2, 0.25) is 0 Å². The molecule has 0 spiro atoms. The fraction of sp³-hybridized carbons (Fsp3) is 0. The smallest absolute Gasteiger partial charge is 0.260 e. The molecule has 0 bridgehead atoms. The Bertz CT molecular complexity index is 3790. The third kappa shape index (κ3) is 5.16. The number of rotatable bonds is 6. The van der Waals surface area contributed by atoms with E-state index in [1.165, 1.54) is 42.3 Å². The summed E-state index contributed by atoms with van der Waals surface area (Å²) in [6.07, 6.45) is 0. The maximum Gasteiger partial charge on any atom is 0.260 e. The fourth-order valence-corrected chi connectivity index (χ4v) is 16.3. The largest absolute Gasteiger partial charge is 0.458 e. The summed E-state index contributed by atoms with van der Waals surface area (Å²) in [5, 5.41) is 10.2. The molecule has 0 aliphatic carbocycles. The first-order valence-electron chi connectivity index (χ1n) is 22.7. The van der Waals surface area contributed by atoms with Crippen LogP contribution in [-0.4, -0.2) is 23.9 Å². The van der Waals surface area contributed by atoms with Crippen molar-refractivity contribution in [2.45, 2.75) is 0 Å². The van der Waals surface area contributed by atoms with E-state index in [1.54, 1.807) is 0 Å². The first-order chi connectivity index (χ1) is 32.8. The maximum absolute atomic E-state index is 7.11. The zero-order valence-corrected chi connectivity index (χ0v) is 36.8. The van der Waals surface area contributed by atoms with E-state index in [0.717, 1.165) is 72.8 Å². The van der Waals surface area contributed by atoms with Crippen molar-refractivity contribution in [2.24, 2.45) is 0 Å². The molecule has 2 aliphatic heterocycles. The lowest BCUT2D eigenvalue weighted by atomic mass is 9.35. The van der Waals surface area contributed by atoms with Crippen molar-refractivity contribution in [2.75, 3.05) is 0 Å². The highest BCUT2D eigenvalue weighted by molar-refractivity contribution is 7.20. The van der Waals surface area contributed by atoms with Crippen molar-refractivity contribution < 1.29 is 9.47 Å². The second kappa shape index (κ2) is 14.3. The van der Waals surface area contributed by atoms with Gasteiger partial charge in [-0.05, 0) is 80.2 Å². The molecule has 0 saturated carbocycles. The fourth-order valence-electron chi connectivity index (χ4n) is 11.5. The van der Waals surface area contributed by atoms with Crippen LogP contribution in [0.1, 0.15) is 0 Å². The molecule has 14 rings (SSSR count). The van der Waals surface area contributed by atoms with Crippen molar-refractivity contribution in [3.8, 4) is 34.4 Å². The zero-order chi connectivity index (χ0) is 43.3. The Labute approximate surface area is 383 Å². The van der Waals surface area contributed by atoms with E-state index in [4.69, 9.17) is 9.47 Å². The summed E-state index contributed by atoms with van der Waals surface area (Å²) in [6, 6.07) is 86.6. The molecule has 2 aliphatic rings. The summed E-state index contributed by atoms with van der Waals surface area (Å²) in [6.45, 7) is -0.0396. The summed E-state index contributed by atoms with van der Waals surface area (Å²) in [5.41, 5.74) is 9.95. The molecule has 6 heteroatoms.